The molecule has 1 saturated heterocycles. The molecule has 0 N–H and O–H groups in total. The van der Waals surface area contributed by atoms with E-state index in [0.717, 1.165) is 0 Å². The van der Waals surface area contributed by atoms with Gasteiger partial charge in [-0.25, -0.2) is 17.6 Å². The van der Waals surface area contributed by atoms with E-state index >= 15 is 0 Å². The lowest BCUT2D eigenvalue weighted by molar-refractivity contribution is -0.139. The van der Waals surface area contributed by atoms with Crippen molar-refractivity contribution in [1.29, 1.82) is 0 Å². The Bertz CT molecular complexity index is 1470. The van der Waals surface area contributed by atoms with Gasteiger partial charge in [0.2, 0.25) is 10.0 Å². The van der Waals surface area contributed by atoms with Gasteiger partial charge in [0.15, 0.2) is 5.79 Å². The first-order valence-electron chi connectivity index (χ1n) is 11.7. The summed E-state index contributed by atoms with van der Waals surface area (Å²) in [6.07, 6.45) is 0.624. The SMILES string of the molecule is CC(C)(C)OC(=O)n1cc(-c2ccc3c(c2)CN(C[C@H]2COC(C)(C)O2)S3(=O)=O)c2ccc(F)cc21. The van der Waals surface area contributed by atoms with Crippen molar-refractivity contribution >= 4 is 27.0 Å². The minimum Gasteiger partial charge on any atom is -0.443 e. The Balaban J connectivity index is 1.50. The number of carbonyl (C=O) groups is 1. The quantitative estimate of drug-likeness (QED) is 0.493. The number of hydrogen-bond acceptors (Lipinski definition) is 6. The van der Waals surface area contributed by atoms with Crippen molar-refractivity contribution in [3.63, 3.8) is 0 Å². The Morgan fingerprint density at radius 3 is 2.61 bits per heavy atom. The molecular formula is C26H29FN2O6S. The number of fused-ring (bicyclic) bond motifs is 2. The molecule has 0 unspecified atom stereocenters. The van der Waals surface area contributed by atoms with Crippen molar-refractivity contribution in [2.45, 2.75) is 63.6 Å². The molecule has 2 aliphatic rings. The lowest BCUT2D eigenvalue weighted by Crippen LogP contribution is -2.35. The van der Waals surface area contributed by atoms with Crippen LogP contribution < -0.4 is 0 Å². The Hall–Kier alpha value is -2.79. The third-order valence-electron chi connectivity index (χ3n) is 6.17. The standard InChI is InChI=1S/C26H29FN2O6S/c1-25(2,3)35-24(30)29-14-21(20-8-7-18(27)11-22(20)29)16-6-9-23-17(10-16)12-28(36(23,31)32)13-19-15-33-26(4,5)34-19/h6-11,14,19H,12-13,15H2,1-5H3/t19-/m0/s1. The number of sulfonamides is 1. The van der Waals surface area contributed by atoms with Crippen molar-refractivity contribution in [3.05, 3.63) is 54.0 Å². The fourth-order valence-corrected chi connectivity index (χ4v) is 6.32. The van der Waals surface area contributed by atoms with Gasteiger partial charge in [-0.05, 0) is 76.1 Å². The van der Waals surface area contributed by atoms with Crippen LogP contribution in [0.3, 0.4) is 0 Å². The number of halogens is 1. The fraction of sp³-hybridized carbons (Fsp3) is 0.423. The second kappa shape index (κ2) is 8.37. The number of ether oxygens (including phenoxy) is 3. The smallest absolute Gasteiger partial charge is 0.419 e. The maximum atomic E-state index is 14.1. The summed E-state index contributed by atoms with van der Waals surface area (Å²) in [6, 6.07) is 9.31. The second-order valence-electron chi connectivity index (χ2n) is 10.6. The van der Waals surface area contributed by atoms with Crippen LogP contribution in [0.15, 0.2) is 47.5 Å². The van der Waals surface area contributed by atoms with Gasteiger partial charge in [-0.2, -0.15) is 4.31 Å². The lowest BCUT2D eigenvalue weighted by atomic mass is 10.0. The molecule has 2 aliphatic heterocycles. The molecule has 0 saturated carbocycles. The van der Waals surface area contributed by atoms with E-state index in [4.69, 9.17) is 14.2 Å². The van der Waals surface area contributed by atoms with Crippen LogP contribution in [0.1, 0.15) is 40.2 Å². The van der Waals surface area contributed by atoms with Crippen molar-refractivity contribution in [2.75, 3.05) is 13.2 Å². The third kappa shape index (κ3) is 4.54. The van der Waals surface area contributed by atoms with Crippen LogP contribution in [0.2, 0.25) is 0 Å². The van der Waals surface area contributed by atoms with Crippen molar-refractivity contribution in [1.82, 2.24) is 8.87 Å². The second-order valence-corrected chi connectivity index (χ2v) is 12.5. The van der Waals surface area contributed by atoms with Gasteiger partial charge in [-0.1, -0.05) is 6.07 Å². The molecule has 3 aromatic rings. The summed E-state index contributed by atoms with van der Waals surface area (Å²) in [6.45, 7) is 9.58. The summed E-state index contributed by atoms with van der Waals surface area (Å²) < 4.78 is 60.0. The van der Waals surface area contributed by atoms with Crippen LogP contribution in [0.25, 0.3) is 22.0 Å². The fourth-order valence-electron chi connectivity index (χ4n) is 4.67. The monoisotopic (exact) mass is 516 g/mol. The van der Waals surface area contributed by atoms with Crippen LogP contribution in [0.5, 0.6) is 0 Å². The van der Waals surface area contributed by atoms with E-state index in [9.17, 15) is 17.6 Å². The molecule has 2 aromatic carbocycles. The van der Waals surface area contributed by atoms with E-state index in [1.165, 1.54) is 21.0 Å². The number of aromatic nitrogens is 1. The molecule has 0 bridgehead atoms. The zero-order chi connectivity index (χ0) is 26.0. The van der Waals surface area contributed by atoms with Gasteiger partial charge in [0, 0.05) is 30.2 Å². The molecular weight excluding hydrogens is 487 g/mol. The van der Waals surface area contributed by atoms with Gasteiger partial charge in [-0.3, -0.25) is 4.57 Å². The highest BCUT2D eigenvalue weighted by molar-refractivity contribution is 7.89. The van der Waals surface area contributed by atoms with E-state index in [1.54, 1.807) is 65.1 Å². The van der Waals surface area contributed by atoms with Crippen LogP contribution in [-0.4, -0.2) is 54.0 Å². The van der Waals surface area contributed by atoms with Crippen LogP contribution >= 0.6 is 0 Å². The average Bonchev–Trinajstić information content (AvgIpc) is 3.38. The molecule has 1 fully saturated rings. The van der Waals surface area contributed by atoms with Crippen LogP contribution in [0.4, 0.5) is 9.18 Å². The molecule has 8 nitrogen and oxygen atoms in total. The zero-order valence-corrected chi connectivity index (χ0v) is 21.7. The summed E-state index contributed by atoms with van der Waals surface area (Å²) in [4.78, 5) is 13.1. The molecule has 192 valence electrons. The minimum absolute atomic E-state index is 0.188. The normalized spacial score (nSPS) is 21.1. The van der Waals surface area contributed by atoms with Crippen LogP contribution in [-0.2, 0) is 30.8 Å². The maximum Gasteiger partial charge on any atom is 0.419 e. The highest BCUT2D eigenvalue weighted by Crippen LogP contribution is 2.38. The third-order valence-corrected chi connectivity index (χ3v) is 8.08. The molecule has 1 atom stereocenters. The summed E-state index contributed by atoms with van der Waals surface area (Å²) in [7, 11) is -3.68. The highest BCUT2D eigenvalue weighted by atomic mass is 32.2. The van der Waals surface area contributed by atoms with Gasteiger partial charge in [0.1, 0.15) is 11.4 Å². The highest BCUT2D eigenvalue weighted by Gasteiger charge is 2.40. The molecule has 1 aromatic heterocycles. The molecule has 0 aliphatic carbocycles. The summed E-state index contributed by atoms with van der Waals surface area (Å²) >= 11 is 0. The van der Waals surface area contributed by atoms with Gasteiger partial charge < -0.3 is 14.2 Å². The van der Waals surface area contributed by atoms with E-state index in [1.807, 2.05) is 0 Å². The summed E-state index contributed by atoms with van der Waals surface area (Å²) in [5.41, 5.74) is 1.67. The van der Waals surface area contributed by atoms with Gasteiger partial charge >= 0.3 is 6.09 Å². The Labute approximate surface area is 209 Å². The van der Waals surface area contributed by atoms with E-state index in [0.29, 0.717) is 34.2 Å². The van der Waals surface area contributed by atoms with E-state index < -0.39 is 33.3 Å². The van der Waals surface area contributed by atoms with Crippen molar-refractivity contribution in [3.8, 4) is 11.1 Å². The minimum atomic E-state index is -3.68. The van der Waals surface area contributed by atoms with Crippen molar-refractivity contribution in [2.24, 2.45) is 0 Å². The van der Waals surface area contributed by atoms with E-state index in [-0.39, 0.29) is 24.1 Å². The Morgan fingerprint density at radius 2 is 1.94 bits per heavy atom. The molecule has 36 heavy (non-hydrogen) atoms. The van der Waals surface area contributed by atoms with Crippen molar-refractivity contribution < 1.29 is 31.8 Å². The molecule has 0 amide bonds. The predicted octanol–water partition coefficient (Wildman–Crippen LogP) is 4.89. The zero-order valence-electron chi connectivity index (χ0n) is 20.9. The van der Waals surface area contributed by atoms with E-state index in [2.05, 4.69) is 0 Å². The Morgan fingerprint density at radius 1 is 1.19 bits per heavy atom. The molecule has 5 rings (SSSR count). The first kappa shape index (κ1) is 24.9. The lowest BCUT2D eigenvalue weighted by Gasteiger charge is -2.20. The predicted molar refractivity (Wildman–Crippen MR) is 131 cm³/mol. The molecule has 3 heterocycles. The largest absolute Gasteiger partial charge is 0.443 e. The summed E-state index contributed by atoms with van der Waals surface area (Å²) in [5.74, 6) is -1.22. The maximum absolute atomic E-state index is 14.1. The number of hydrogen-bond donors (Lipinski definition) is 0. The Kier molecular flexibility index (Phi) is 5.79. The van der Waals surface area contributed by atoms with Gasteiger partial charge in [-0.15, -0.1) is 0 Å². The average molecular weight is 517 g/mol. The molecule has 10 heteroatoms. The number of nitrogens with zero attached hydrogens (tertiary/aromatic N) is 2. The van der Waals surface area contributed by atoms with Gasteiger partial charge in [0.25, 0.3) is 0 Å². The van der Waals surface area contributed by atoms with Gasteiger partial charge in [0.05, 0.1) is 23.1 Å². The first-order valence-corrected chi connectivity index (χ1v) is 13.2. The molecule has 0 radical (unpaired) electrons. The first-order chi connectivity index (χ1) is 16.7. The van der Waals surface area contributed by atoms with Crippen LogP contribution in [0, 0.1) is 5.82 Å². The molecule has 0 spiro atoms. The number of rotatable bonds is 3. The summed E-state index contributed by atoms with van der Waals surface area (Å²) in [5, 5.41) is 0.652. The topological polar surface area (TPSA) is 87.1 Å². The number of carbonyl (C=O) groups excluding carboxylic acids is 1. The number of benzene rings is 2.